The molecule has 4 nitrogen and oxygen atoms in total. The summed E-state index contributed by atoms with van der Waals surface area (Å²) in [5.74, 6) is -1.05. The third-order valence-corrected chi connectivity index (χ3v) is 3.06. The van der Waals surface area contributed by atoms with Crippen LogP contribution in [0.3, 0.4) is 0 Å². The zero-order chi connectivity index (χ0) is 12.4. The van der Waals surface area contributed by atoms with Gasteiger partial charge in [-0.1, -0.05) is 28.1 Å². The van der Waals surface area contributed by atoms with E-state index in [4.69, 9.17) is 5.11 Å². The van der Waals surface area contributed by atoms with Gasteiger partial charge in [-0.05, 0) is 24.6 Å². The molecular formula is C12H11BrN2O2. The molecule has 0 saturated heterocycles. The van der Waals surface area contributed by atoms with Crippen LogP contribution < -0.4 is 0 Å². The predicted molar refractivity (Wildman–Crippen MR) is 67.8 cm³/mol. The van der Waals surface area contributed by atoms with E-state index in [-0.39, 0.29) is 0 Å². The molecule has 0 spiro atoms. The number of hydrogen-bond acceptors (Lipinski definition) is 2. The number of rotatable bonds is 3. The molecule has 2 N–H and O–H groups in total. The van der Waals surface area contributed by atoms with E-state index in [1.807, 2.05) is 24.3 Å². The maximum atomic E-state index is 10.8. The molecule has 2 rings (SSSR count). The standard InChI is InChI=1S/C12H11BrN2O2/c1-7(12(16)17)11-14-6-10(15-11)8-2-4-9(13)5-3-8/h2-7H,1H3,(H,14,15)(H,16,17). The molecule has 0 radical (unpaired) electrons. The van der Waals surface area contributed by atoms with Crippen molar-refractivity contribution in [3.05, 3.63) is 40.8 Å². The minimum absolute atomic E-state index is 0.468. The topological polar surface area (TPSA) is 66.0 Å². The first kappa shape index (κ1) is 11.9. The smallest absolute Gasteiger partial charge is 0.313 e. The highest BCUT2D eigenvalue weighted by Crippen LogP contribution is 2.22. The van der Waals surface area contributed by atoms with E-state index in [2.05, 4.69) is 25.9 Å². The average Bonchev–Trinajstić information content (AvgIpc) is 2.78. The molecule has 0 aliphatic carbocycles. The molecule has 88 valence electrons. The Balaban J connectivity index is 2.29. The summed E-state index contributed by atoms with van der Waals surface area (Å²) in [5, 5.41) is 8.89. The van der Waals surface area contributed by atoms with Gasteiger partial charge in [-0.15, -0.1) is 0 Å². The Kier molecular flexibility index (Phi) is 3.28. The normalized spacial score (nSPS) is 12.4. The summed E-state index contributed by atoms with van der Waals surface area (Å²) in [6.45, 7) is 1.60. The molecule has 0 aliphatic heterocycles. The van der Waals surface area contributed by atoms with E-state index in [0.717, 1.165) is 15.7 Å². The first-order valence-corrected chi connectivity index (χ1v) is 5.91. The number of nitrogens with one attached hydrogen (secondary N) is 1. The summed E-state index contributed by atoms with van der Waals surface area (Å²) in [7, 11) is 0. The third kappa shape index (κ3) is 2.55. The molecule has 1 unspecified atom stereocenters. The number of halogens is 1. The van der Waals surface area contributed by atoms with Crippen LogP contribution in [-0.2, 0) is 4.79 Å². The van der Waals surface area contributed by atoms with E-state index in [0.29, 0.717) is 5.82 Å². The Morgan fingerprint density at radius 2 is 2.06 bits per heavy atom. The summed E-state index contributed by atoms with van der Waals surface area (Å²) in [5.41, 5.74) is 1.80. The molecule has 1 aromatic heterocycles. The van der Waals surface area contributed by atoms with Crippen LogP contribution in [0.15, 0.2) is 34.9 Å². The molecule has 0 bridgehead atoms. The number of hydrogen-bond donors (Lipinski definition) is 2. The number of H-pyrrole nitrogens is 1. The largest absolute Gasteiger partial charge is 0.481 e. The maximum Gasteiger partial charge on any atom is 0.313 e. The maximum absolute atomic E-state index is 10.8. The molecule has 2 aromatic rings. The highest BCUT2D eigenvalue weighted by Gasteiger charge is 2.17. The molecule has 1 heterocycles. The van der Waals surface area contributed by atoms with Gasteiger partial charge in [0, 0.05) is 4.47 Å². The van der Waals surface area contributed by atoms with Crippen LogP contribution in [0, 0.1) is 0 Å². The zero-order valence-corrected chi connectivity index (χ0v) is 10.7. The number of aromatic nitrogens is 2. The number of aromatic amines is 1. The SMILES string of the molecule is CC(C(=O)O)c1ncc(-c2ccc(Br)cc2)[nH]1. The van der Waals surface area contributed by atoms with Crippen molar-refractivity contribution in [1.29, 1.82) is 0 Å². The second-order valence-electron chi connectivity index (χ2n) is 3.75. The van der Waals surface area contributed by atoms with E-state index in [9.17, 15) is 4.79 Å². The van der Waals surface area contributed by atoms with E-state index < -0.39 is 11.9 Å². The van der Waals surface area contributed by atoms with Crippen molar-refractivity contribution in [2.75, 3.05) is 0 Å². The fraction of sp³-hybridized carbons (Fsp3) is 0.167. The van der Waals surface area contributed by atoms with Crippen LogP contribution in [0.4, 0.5) is 0 Å². The van der Waals surface area contributed by atoms with Crippen LogP contribution in [0.2, 0.25) is 0 Å². The number of aliphatic carboxylic acids is 1. The average molecular weight is 295 g/mol. The first-order valence-electron chi connectivity index (χ1n) is 5.11. The van der Waals surface area contributed by atoms with Crippen molar-refractivity contribution in [2.24, 2.45) is 0 Å². The number of nitrogens with zero attached hydrogens (tertiary/aromatic N) is 1. The van der Waals surface area contributed by atoms with Crippen LogP contribution in [-0.4, -0.2) is 21.0 Å². The van der Waals surface area contributed by atoms with Crippen molar-refractivity contribution in [1.82, 2.24) is 9.97 Å². The van der Waals surface area contributed by atoms with Crippen LogP contribution in [0.5, 0.6) is 0 Å². The van der Waals surface area contributed by atoms with Crippen molar-refractivity contribution in [2.45, 2.75) is 12.8 Å². The molecule has 1 atom stereocenters. The van der Waals surface area contributed by atoms with Crippen molar-refractivity contribution in [3.63, 3.8) is 0 Å². The van der Waals surface area contributed by atoms with Crippen LogP contribution in [0.25, 0.3) is 11.3 Å². The van der Waals surface area contributed by atoms with Crippen molar-refractivity contribution >= 4 is 21.9 Å². The number of benzene rings is 1. The molecular weight excluding hydrogens is 284 g/mol. The zero-order valence-electron chi connectivity index (χ0n) is 9.14. The van der Waals surface area contributed by atoms with Gasteiger partial charge in [-0.2, -0.15) is 0 Å². The highest BCUT2D eigenvalue weighted by atomic mass is 79.9. The molecule has 5 heteroatoms. The molecule has 17 heavy (non-hydrogen) atoms. The van der Waals surface area contributed by atoms with Gasteiger partial charge < -0.3 is 10.1 Å². The Labute approximate surface area is 107 Å². The lowest BCUT2D eigenvalue weighted by molar-refractivity contribution is -0.138. The third-order valence-electron chi connectivity index (χ3n) is 2.53. The summed E-state index contributed by atoms with van der Waals surface area (Å²) < 4.78 is 1.000. The van der Waals surface area contributed by atoms with Gasteiger partial charge in [-0.25, -0.2) is 4.98 Å². The Hall–Kier alpha value is -1.62. The minimum Gasteiger partial charge on any atom is -0.481 e. The number of carbonyl (C=O) groups is 1. The van der Waals surface area contributed by atoms with Crippen molar-refractivity contribution in [3.8, 4) is 11.3 Å². The van der Waals surface area contributed by atoms with E-state index in [1.54, 1.807) is 13.1 Å². The second-order valence-corrected chi connectivity index (χ2v) is 4.66. The van der Waals surface area contributed by atoms with Gasteiger partial charge in [-0.3, -0.25) is 4.79 Å². The Morgan fingerprint density at radius 3 is 2.65 bits per heavy atom. The number of carboxylic acid groups (broad SMARTS) is 1. The summed E-state index contributed by atoms with van der Waals surface area (Å²) in [6, 6.07) is 7.73. The second kappa shape index (κ2) is 4.71. The first-order chi connectivity index (χ1) is 8.08. The van der Waals surface area contributed by atoms with Gasteiger partial charge >= 0.3 is 5.97 Å². The minimum atomic E-state index is -0.887. The predicted octanol–water partition coefficient (Wildman–Crippen LogP) is 3.03. The lowest BCUT2D eigenvalue weighted by atomic mass is 10.1. The van der Waals surface area contributed by atoms with Gasteiger partial charge in [0.05, 0.1) is 11.9 Å². The Morgan fingerprint density at radius 1 is 1.41 bits per heavy atom. The fourth-order valence-corrected chi connectivity index (χ4v) is 1.71. The molecule has 0 aliphatic rings. The molecule has 0 fully saturated rings. The van der Waals surface area contributed by atoms with E-state index in [1.165, 1.54) is 0 Å². The summed E-state index contributed by atoms with van der Waals surface area (Å²) >= 11 is 3.36. The monoisotopic (exact) mass is 294 g/mol. The lowest BCUT2D eigenvalue weighted by Gasteiger charge is -2.01. The van der Waals surface area contributed by atoms with Crippen molar-refractivity contribution < 1.29 is 9.90 Å². The van der Waals surface area contributed by atoms with Gasteiger partial charge in [0.25, 0.3) is 0 Å². The summed E-state index contributed by atoms with van der Waals surface area (Å²) in [4.78, 5) is 17.9. The molecule has 1 aromatic carbocycles. The van der Waals surface area contributed by atoms with Gasteiger partial charge in [0.15, 0.2) is 0 Å². The molecule has 0 amide bonds. The number of carboxylic acids is 1. The van der Waals surface area contributed by atoms with Crippen LogP contribution in [0.1, 0.15) is 18.7 Å². The van der Waals surface area contributed by atoms with Gasteiger partial charge in [0.1, 0.15) is 11.7 Å². The molecule has 0 saturated carbocycles. The van der Waals surface area contributed by atoms with E-state index >= 15 is 0 Å². The van der Waals surface area contributed by atoms with Gasteiger partial charge in [0.2, 0.25) is 0 Å². The highest BCUT2D eigenvalue weighted by molar-refractivity contribution is 9.10. The summed E-state index contributed by atoms with van der Waals surface area (Å²) in [6.07, 6.45) is 1.65. The fourth-order valence-electron chi connectivity index (χ4n) is 1.45. The number of imidazole rings is 1. The Bertz CT molecular complexity index is 534. The van der Waals surface area contributed by atoms with Crippen LogP contribution >= 0.6 is 15.9 Å². The lowest BCUT2D eigenvalue weighted by Crippen LogP contribution is -2.08. The quantitative estimate of drug-likeness (QED) is 0.914.